The second-order valence-electron chi connectivity index (χ2n) is 6.18. The van der Waals surface area contributed by atoms with E-state index in [0.29, 0.717) is 17.1 Å². The summed E-state index contributed by atoms with van der Waals surface area (Å²) >= 11 is 0. The van der Waals surface area contributed by atoms with Crippen LogP contribution in [0.25, 0.3) is 22.8 Å². The number of rotatable bonds is 4. The fourth-order valence-corrected chi connectivity index (χ4v) is 4.08. The van der Waals surface area contributed by atoms with Crippen LogP contribution in [0.1, 0.15) is 5.56 Å². The summed E-state index contributed by atoms with van der Waals surface area (Å²) < 4.78 is 26.5. The van der Waals surface area contributed by atoms with Gasteiger partial charge in [-0.1, -0.05) is 23.8 Å². The zero-order valence-corrected chi connectivity index (χ0v) is 15.8. The molecule has 0 atom stereocenters. The molecule has 6 nitrogen and oxygen atoms in total. The molecule has 28 heavy (non-hydrogen) atoms. The van der Waals surface area contributed by atoms with Crippen LogP contribution < -0.4 is 0 Å². The first-order valence-electron chi connectivity index (χ1n) is 8.56. The maximum atomic E-state index is 13.3. The van der Waals surface area contributed by atoms with Gasteiger partial charge in [-0.05, 0) is 43.3 Å². The van der Waals surface area contributed by atoms with Gasteiger partial charge in [0.1, 0.15) is 10.6 Å². The fraction of sp³-hybridized carbons (Fsp3) is 0.0476. The number of hydrogen-bond acceptors (Lipinski definition) is 6. The minimum Gasteiger partial charge on any atom is -0.264 e. The lowest BCUT2D eigenvalue weighted by Gasteiger charge is -2.11. The summed E-state index contributed by atoms with van der Waals surface area (Å²) in [6.45, 7) is 1.90. The molecule has 7 heteroatoms. The number of hydrogen-bond donors (Lipinski definition) is 0. The Labute approximate surface area is 162 Å². The van der Waals surface area contributed by atoms with E-state index in [1.54, 1.807) is 67.1 Å². The highest BCUT2D eigenvalue weighted by Crippen LogP contribution is 2.30. The van der Waals surface area contributed by atoms with Crippen LogP contribution in [0.4, 0.5) is 0 Å². The summed E-state index contributed by atoms with van der Waals surface area (Å²) in [7, 11) is -3.81. The molecule has 1 aromatic carbocycles. The Kier molecular flexibility index (Phi) is 4.67. The SMILES string of the molecule is Cc1ccc(S(=O)(=O)c2cnc(-c3cccnc3)nc2-c2ccccn2)cc1. The molecular formula is C21H16N4O2S. The van der Waals surface area contributed by atoms with E-state index in [-0.39, 0.29) is 15.5 Å². The van der Waals surface area contributed by atoms with Gasteiger partial charge in [0.2, 0.25) is 9.84 Å². The fourth-order valence-electron chi connectivity index (χ4n) is 2.73. The Balaban J connectivity index is 1.93. The van der Waals surface area contributed by atoms with Crippen LogP contribution in [0.5, 0.6) is 0 Å². The molecule has 0 aliphatic heterocycles. The number of pyridine rings is 2. The van der Waals surface area contributed by atoms with Crippen LogP contribution in [-0.2, 0) is 9.84 Å². The molecular weight excluding hydrogens is 372 g/mol. The van der Waals surface area contributed by atoms with Crippen molar-refractivity contribution in [3.63, 3.8) is 0 Å². The molecule has 4 rings (SSSR count). The van der Waals surface area contributed by atoms with Crippen LogP contribution in [0.3, 0.4) is 0 Å². The largest absolute Gasteiger partial charge is 0.264 e. The lowest BCUT2D eigenvalue weighted by molar-refractivity contribution is 0.595. The molecule has 3 heterocycles. The molecule has 0 bridgehead atoms. The van der Waals surface area contributed by atoms with Gasteiger partial charge in [0, 0.05) is 24.2 Å². The van der Waals surface area contributed by atoms with Crippen molar-refractivity contribution in [2.45, 2.75) is 16.7 Å². The van der Waals surface area contributed by atoms with E-state index in [1.165, 1.54) is 6.20 Å². The minimum absolute atomic E-state index is 0.0164. The highest BCUT2D eigenvalue weighted by Gasteiger charge is 2.25. The standard InChI is InChI=1S/C21H16N4O2S/c1-15-7-9-17(10-8-15)28(26,27)19-14-24-21(16-5-4-11-22-13-16)25-20(19)18-6-2-3-12-23-18/h2-14H,1H3. The van der Waals surface area contributed by atoms with Gasteiger partial charge in [0.25, 0.3) is 0 Å². The zero-order valence-electron chi connectivity index (χ0n) is 15.0. The molecule has 0 aliphatic carbocycles. The highest BCUT2D eigenvalue weighted by atomic mass is 32.2. The van der Waals surface area contributed by atoms with Crippen molar-refractivity contribution >= 4 is 9.84 Å². The average molecular weight is 388 g/mol. The first-order chi connectivity index (χ1) is 13.6. The Morgan fingerprint density at radius 2 is 1.64 bits per heavy atom. The van der Waals surface area contributed by atoms with Gasteiger partial charge in [-0.15, -0.1) is 0 Å². The van der Waals surface area contributed by atoms with Gasteiger partial charge in [0.05, 0.1) is 16.8 Å². The van der Waals surface area contributed by atoms with Crippen molar-refractivity contribution in [1.82, 2.24) is 19.9 Å². The molecule has 0 aliphatic rings. The summed E-state index contributed by atoms with van der Waals surface area (Å²) in [5, 5.41) is 0. The van der Waals surface area contributed by atoms with Crippen LogP contribution in [0.2, 0.25) is 0 Å². The van der Waals surface area contributed by atoms with E-state index in [9.17, 15) is 8.42 Å². The topological polar surface area (TPSA) is 85.7 Å². The van der Waals surface area contributed by atoms with Crippen LogP contribution >= 0.6 is 0 Å². The van der Waals surface area contributed by atoms with E-state index in [0.717, 1.165) is 5.56 Å². The normalized spacial score (nSPS) is 11.3. The maximum Gasteiger partial charge on any atom is 0.210 e. The lowest BCUT2D eigenvalue weighted by atomic mass is 10.2. The van der Waals surface area contributed by atoms with Gasteiger partial charge in [-0.25, -0.2) is 18.4 Å². The maximum absolute atomic E-state index is 13.3. The van der Waals surface area contributed by atoms with Crippen molar-refractivity contribution in [2.24, 2.45) is 0 Å². The third kappa shape index (κ3) is 3.39. The average Bonchev–Trinajstić information content (AvgIpc) is 2.75. The molecule has 0 unspecified atom stereocenters. The van der Waals surface area contributed by atoms with E-state index < -0.39 is 9.84 Å². The van der Waals surface area contributed by atoms with Crippen molar-refractivity contribution < 1.29 is 8.42 Å². The molecule has 3 aromatic heterocycles. The first kappa shape index (κ1) is 17.9. The lowest BCUT2D eigenvalue weighted by Crippen LogP contribution is -2.08. The summed E-state index contributed by atoms with van der Waals surface area (Å²) in [5.41, 5.74) is 2.39. The number of aryl methyl sites for hydroxylation is 1. The highest BCUT2D eigenvalue weighted by molar-refractivity contribution is 7.91. The molecule has 0 saturated carbocycles. The van der Waals surface area contributed by atoms with Crippen LogP contribution in [0, 0.1) is 6.92 Å². The van der Waals surface area contributed by atoms with Crippen molar-refractivity contribution in [1.29, 1.82) is 0 Å². The second-order valence-corrected chi connectivity index (χ2v) is 8.10. The third-order valence-electron chi connectivity index (χ3n) is 4.20. The quantitative estimate of drug-likeness (QED) is 0.529. The smallest absolute Gasteiger partial charge is 0.210 e. The van der Waals surface area contributed by atoms with Crippen LogP contribution in [0.15, 0.2) is 89.2 Å². The van der Waals surface area contributed by atoms with Crippen molar-refractivity contribution in [3.8, 4) is 22.8 Å². The molecule has 0 radical (unpaired) electrons. The molecule has 4 aromatic rings. The third-order valence-corrected chi connectivity index (χ3v) is 5.97. The summed E-state index contributed by atoms with van der Waals surface area (Å²) in [5.74, 6) is 0.386. The monoisotopic (exact) mass is 388 g/mol. The first-order valence-corrected chi connectivity index (χ1v) is 10.0. The van der Waals surface area contributed by atoms with E-state index in [1.807, 2.05) is 13.0 Å². The van der Waals surface area contributed by atoms with Crippen molar-refractivity contribution in [3.05, 3.63) is 84.9 Å². The number of sulfone groups is 1. The Morgan fingerprint density at radius 3 is 2.32 bits per heavy atom. The Morgan fingerprint density at radius 1 is 0.821 bits per heavy atom. The molecule has 0 amide bonds. The number of aromatic nitrogens is 4. The van der Waals surface area contributed by atoms with Gasteiger partial charge in [-0.3, -0.25) is 9.97 Å². The number of benzene rings is 1. The van der Waals surface area contributed by atoms with Gasteiger partial charge < -0.3 is 0 Å². The van der Waals surface area contributed by atoms with Crippen molar-refractivity contribution in [2.75, 3.05) is 0 Å². The molecule has 0 saturated heterocycles. The van der Waals surface area contributed by atoms with Gasteiger partial charge >= 0.3 is 0 Å². The molecule has 138 valence electrons. The predicted octanol–water partition coefficient (Wildman–Crippen LogP) is 3.74. The Hall–Kier alpha value is -3.45. The van der Waals surface area contributed by atoms with E-state index in [2.05, 4.69) is 19.9 Å². The van der Waals surface area contributed by atoms with Gasteiger partial charge in [-0.2, -0.15) is 0 Å². The van der Waals surface area contributed by atoms with Gasteiger partial charge in [0.15, 0.2) is 5.82 Å². The predicted molar refractivity (Wildman–Crippen MR) is 105 cm³/mol. The molecule has 0 spiro atoms. The molecule has 0 fully saturated rings. The van der Waals surface area contributed by atoms with Crippen LogP contribution in [-0.4, -0.2) is 28.4 Å². The summed E-state index contributed by atoms with van der Waals surface area (Å²) in [6.07, 6.45) is 6.23. The molecule has 0 N–H and O–H groups in total. The zero-order chi connectivity index (χ0) is 19.6. The van der Waals surface area contributed by atoms with E-state index in [4.69, 9.17) is 0 Å². The van der Waals surface area contributed by atoms with E-state index >= 15 is 0 Å². The number of nitrogens with zero attached hydrogens (tertiary/aromatic N) is 4. The minimum atomic E-state index is -3.81. The second kappa shape index (κ2) is 7.28. The summed E-state index contributed by atoms with van der Waals surface area (Å²) in [6, 6.07) is 15.6. The summed E-state index contributed by atoms with van der Waals surface area (Å²) in [4.78, 5) is 17.4. The Bertz CT molecular complexity index is 1210.